The summed E-state index contributed by atoms with van der Waals surface area (Å²) in [6, 6.07) is 5.27. The Hall–Kier alpha value is -3.28. The number of rotatable bonds is 10. The highest BCUT2D eigenvalue weighted by Crippen LogP contribution is 2.34. The van der Waals surface area contributed by atoms with Gasteiger partial charge in [0, 0.05) is 17.7 Å². The normalized spacial score (nSPS) is 13.1. The van der Waals surface area contributed by atoms with E-state index in [0.717, 1.165) is 0 Å². The van der Waals surface area contributed by atoms with Crippen molar-refractivity contribution >= 4 is 17.5 Å². The van der Waals surface area contributed by atoms with Crippen molar-refractivity contribution in [3.63, 3.8) is 0 Å². The summed E-state index contributed by atoms with van der Waals surface area (Å²) in [7, 11) is 0. The molecule has 1 amide bonds. The number of hydrogen-bond donors (Lipinski definition) is 3. The number of aromatic nitrogens is 4. The van der Waals surface area contributed by atoms with Gasteiger partial charge >= 0.3 is 6.01 Å². The van der Waals surface area contributed by atoms with E-state index < -0.39 is 18.1 Å². The van der Waals surface area contributed by atoms with E-state index in [4.69, 9.17) is 31.3 Å². The highest BCUT2D eigenvalue weighted by atomic mass is 35.5. The third kappa shape index (κ3) is 6.40. The lowest BCUT2D eigenvalue weighted by Gasteiger charge is -2.16. The van der Waals surface area contributed by atoms with Gasteiger partial charge in [0.2, 0.25) is 11.7 Å². The van der Waals surface area contributed by atoms with Crippen molar-refractivity contribution in [3.8, 4) is 34.7 Å². The molecule has 4 N–H and O–H groups in total. The minimum atomic E-state index is -1.46. The average Bonchev–Trinajstić information content (AvgIpc) is 3.22. The van der Waals surface area contributed by atoms with Crippen LogP contribution in [-0.4, -0.2) is 61.1 Å². The number of nitrogens with zero attached hydrogens (tertiary/aromatic N) is 4. The summed E-state index contributed by atoms with van der Waals surface area (Å²) in [5.41, 5.74) is 7.34. The molecule has 2 aromatic heterocycles. The largest absolute Gasteiger partial charge is 0.489 e. The van der Waals surface area contributed by atoms with Crippen LogP contribution in [0.3, 0.4) is 0 Å². The molecule has 2 atom stereocenters. The number of aliphatic hydroxyl groups is 2. The number of carbonyl (C=O) groups is 1. The maximum absolute atomic E-state index is 10.9. The molecule has 0 aliphatic carbocycles. The topological polar surface area (TPSA) is 167 Å². The second-order valence-electron chi connectivity index (χ2n) is 7.99. The zero-order valence-electron chi connectivity index (χ0n) is 19.1. The number of carbonyl (C=O) groups excluding carboxylic acids is 1. The van der Waals surface area contributed by atoms with Gasteiger partial charge in [0.25, 0.3) is 5.89 Å². The van der Waals surface area contributed by atoms with Crippen molar-refractivity contribution in [2.45, 2.75) is 52.4 Å². The molecule has 0 aliphatic rings. The second kappa shape index (κ2) is 10.8. The molecule has 12 heteroatoms. The minimum absolute atomic E-state index is 0.0897. The van der Waals surface area contributed by atoms with Crippen molar-refractivity contribution in [2.24, 2.45) is 5.73 Å². The van der Waals surface area contributed by atoms with Gasteiger partial charge in [-0.3, -0.25) is 4.79 Å². The molecule has 1 aromatic carbocycles. The Kier molecular flexibility index (Phi) is 8.02. The summed E-state index contributed by atoms with van der Waals surface area (Å²) >= 11 is 6.38. The van der Waals surface area contributed by atoms with E-state index in [0.29, 0.717) is 34.1 Å². The van der Waals surface area contributed by atoms with E-state index in [1.807, 2.05) is 20.8 Å². The fourth-order valence-corrected chi connectivity index (χ4v) is 3.34. The molecule has 182 valence electrons. The first-order chi connectivity index (χ1) is 16.0. The maximum atomic E-state index is 10.9. The number of aryl methyl sites for hydroxylation is 2. The SMILES string of the molecule is Cc1cc(-c2nc(-c3cc(C)c(OC[C@@H](O)CC(O)C(N)=O)c(Cl)c3)no2)nc(OC(C)C)n1. The van der Waals surface area contributed by atoms with Gasteiger partial charge in [-0.05, 0) is 51.5 Å². The van der Waals surface area contributed by atoms with Crippen LogP contribution in [0.15, 0.2) is 22.7 Å². The van der Waals surface area contributed by atoms with Crippen LogP contribution in [0, 0.1) is 13.8 Å². The first-order valence-corrected chi connectivity index (χ1v) is 10.9. The van der Waals surface area contributed by atoms with Crippen LogP contribution in [0.25, 0.3) is 23.0 Å². The number of aliphatic hydroxyl groups excluding tert-OH is 2. The molecule has 0 saturated heterocycles. The third-order valence-corrected chi connectivity index (χ3v) is 4.83. The lowest BCUT2D eigenvalue weighted by Crippen LogP contribution is -2.33. The molecule has 3 rings (SSSR count). The van der Waals surface area contributed by atoms with Gasteiger partial charge in [0.15, 0.2) is 0 Å². The molecule has 0 spiro atoms. The zero-order valence-corrected chi connectivity index (χ0v) is 19.9. The quantitative estimate of drug-likeness (QED) is 0.382. The molecule has 3 aromatic rings. The van der Waals surface area contributed by atoms with Crippen molar-refractivity contribution in [2.75, 3.05) is 6.61 Å². The molecule has 34 heavy (non-hydrogen) atoms. The lowest BCUT2D eigenvalue weighted by atomic mass is 10.1. The van der Waals surface area contributed by atoms with Crippen LogP contribution < -0.4 is 15.2 Å². The van der Waals surface area contributed by atoms with Crippen LogP contribution >= 0.6 is 11.6 Å². The van der Waals surface area contributed by atoms with Crippen molar-refractivity contribution < 1.29 is 29.0 Å². The average molecular weight is 492 g/mol. The molecule has 0 radical (unpaired) electrons. The Morgan fingerprint density at radius 3 is 2.56 bits per heavy atom. The number of hydrogen-bond acceptors (Lipinski definition) is 10. The molecular weight excluding hydrogens is 466 g/mol. The predicted octanol–water partition coefficient (Wildman–Crippen LogP) is 2.23. The Bertz CT molecular complexity index is 1150. The van der Waals surface area contributed by atoms with E-state index >= 15 is 0 Å². The van der Waals surface area contributed by atoms with Gasteiger partial charge in [-0.2, -0.15) is 9.97 Å². The Morgan fingerprint density at radius 1 is 1.18 bits per heavy atom. The number of benzene rings is 1. The van der Waals surface area contributed by atoms with E-state index in [-0.39, 0.29) is 36.1 Å². The zero-order chi connectivity index (χ0) is 25.0. The highest BCUT2D eigenvalue weighted by Gasteiger charge is 2.20. The molecular formula is C22H26ClN5O6. The van der Waals surface area contributed by atoms with Crippen LogP contribution in [0.2, 0.25) is 5.02 Å². The predicted molar refractivity (Wildman–Crippen MR) is 122 cm³/mol. The van der Waals surface area contributed by atoms with Crippen LogP contribution in [0.5, 0.6) is 11.8 Å². The molecule has 11 nitrogen and oxygen atoms in total. The van der Waals surface area contributed by atoms with Gasteiger partial charge in [-0.15, -0.1) is 0 Å². The summed E-state index contributed by atoms with van der Waals surface area (Å²) in [4.78, 5) is 23.9. The van der Waals surface area contributed by atoms with Crippen molar-refractivity contribution in [3.05, 3.63) is 34.5 Å². The molecule has 0 aliphatic heterocycles. The van der Waals surface area contributed by atoms with E-state index in [9.17, 15) is 15.0 Å². The van der Waals surface area contributed by atoms with Gasteiger partial charge in [0.1, 0.15) is 24.2 Å². The second-order valence-corrected chi connectivity index (χ2v) is 8.40. The van der Waals surface area contributed by atoms with Gasteiger partial charge in [-0.1, -0.05) is 16.8 Å². The van der Waals surface area contributed by atoms with Crippen molar-refractivity contribution in [1.29, 1.82) is 0 Å². The summed E-state index contributed by atoms with van der Waals surface area (Å²) in [6.45, 7) is 7.13. The number of nitrogens with two attached hydrogens (primary N) is 1. The smallest absolute Gasteiger partial charge is 0.317 e. The third-order valence-electron chi connectivity index (χ3n) is 4.55. The molecule has 0 saturated carbocycles. The first kappa shape index (κ1) is 25.3. The number of primary amides is 1. The first-order valence-electron chi connectivity index (χ1n) is 10.5. The van der Waals surface area contributed by atoms with E-state index in [1.165, 1.54) is 0 Å². The monoisotopic (exact) mass is 491 g/mol. The summed E-state index contributed by atoms with van der Waals surface area (Å²) < 4.78 is 16.6. The maximum Gasteiger partial charge on any atom is 0.317 e. The summed E-state index contributed by atoms with van der Waals surface area (Å²) in [5, 5.41) is 23.7. The molecule has 1 unspecified atom stereocenters. The number of halogens is 1. The molecule has 0 fully saturated rings. The fraction of sp³-hybridized carbons (Fsp3) is 0.409. The van der Waals surface area contributed by atoms with Crippen molar-refractivity contribution in [1.82, 2.24) is 20.1 Å². The molecule has 0 bridgehead atoms. The number of ether oxygens (including phenoxy) is 2. The minimum Gasteiger partial charge on any atom is -0.489 e. The van der Waals surface area contributed by atoms with Gasteiger partial charge in [-0.25, -0.2) is 4.98 Å². The lowest BCUT2D eigenvalue weighted by molar-refractivity contribution is -0.127. The fourth-order valence-electron chi connectivity index (χ4n) is 3.02. The molecule has 2 heterocycles. The summed E-state index contributed by atoms with van der Waals surface area (Å²) in [6.07, 6.45) is -2.91. The van der Waals surface area contributed by atoms with Crippen LogP contribution in [0.1, 0.15) is 31.5 Å². The standard InChI is InChI=1S/C22H26ClN5O6/c1-10(2)33-22-25-12(4)6-16(26-22)21-27-20(28-34-21)13-5-11(3)18(15(23)7-13)32-9-14(29)8-17(30)19(24)31/h5-7,10,14,17,29-30H,8-9H2,1-4H3,(H2,24,31)/t14-,17?/m0/s1. The Labute approximate surface area is 200 Å². The van der Waals surface area contributed by atoms with Gasteiger partial charge < -0.3 is 29.9 Å². The number of amides is 1. The van der Waals surface area contributed by atoms with Gasteiger partial charge in [0.05, 0.1) is 17.2 Å². The van der Waals surface area contributed by atoms with E-state index in [2.05, 4.69) is 20.1 Å². The highest BCUT2D eigenvalue weighted by molar-refractivity contribution is 6.32. The van der Waals surface area contributed by atoms with Crippen LogP contribution in [-0.2, 0) is 4.79 Å². The van der Waals surface area contributed by atoms with E-state index in [1.54, 1.807) is 25.1 Å². The Morgan fingerprint density at radius 2 is 1.91 bits per heavy atom. The Balaban J connectivity index is 1.77. The van der Waals surface area contributed by atoms with Crippen LogP contribution in [0.4, 0.5) is 0 Å². The summed E-state index contributed by atoms with van der Waals surface area (Å²) in [5.74, 6) is -0.0976.